The molecule has 1 unspecified atom stereocenters. The van der Waals surface area contributed by atoms with Gasteiger partial charge in [0.05, 0.1) is 11.1 Å². The van der Waals surface area contributed by atoms with Crippen molar-refractivity contribution in [3.05, 3.63) is 58.1 Å². The van der Waals surface area contributed by atoms with Crippen molar-refractivity contribution in [1.82, 2.24) is 20.1 Å². The van der Waals surface area contributed by atoms with E-state index in [1.165, 1.54) is 6.07 Å². The van der Waals surface area contributed by atoms with Crippen LogP contribution in [0.25, 0.3) is 16.6 Å². The van der Waals surface area contributed by atoms with Gasteiger partial charge < -0.3 is 24.8 Å². The molecule has 2 fully saturated rings. The topological polar surface area (TPSA) is 78.8 Å². The van der Waals surface area contributed by atoms with Crippen LogP contribution in [0.4, 0.5) is 10.1 Å². The lowest BCUT2D eigenvalue weighted by molar-refractivity contribution is 0.0951. The molecule has 2 saturated heterocycles. The zero-order valence-electron chi connectivity index (χ0n) is 21.9. The molecule has 9 heteroatoms. The van der Waals surface area contributed by atoms with Crippen molar-refractivity contribution in [2.75, 3.05) is 44.2 Å². The number of hydrogen-bond acceptors (Lipinski definition) is 6. The number of ether oxygens (including phenoxy) is 1. The summed E-state index contributed by atoms with van der Waals surface area (Å²) < 4.78 is 24.0. The Balaban J connectivity index is 1.42. The van der Waals surface area contributed by atoms with E-state index in [1.807, 2.05) is 33.7 Å². The van der Waals surface area contributed by atoms with Crippen molar-refractivity contribution in [2.24, 2.45) is 0 Å². The van der Waals surface area contributed by atoms with Crippen molar-refractivity contribution in [1.29, 1.82) is 0 Å². The Labute approximate surface area is 221 Å². The molecule has 2 aromatic carbocycles. The second kappa shape index (κ2) is 10.0. The standard InChI is InChI=1S/C29H34FN5O3/c1-18(2)33-12-14-34(15-13-33)26-22(30)16-20-25-28(26)38-24-8-4-3-7-23(24)35(25)17-21(27(20)36)29(37)32-11-9-19-6-5-10-31-19/h3-4,7-8,16-19,31H,5-6,9-15H2,1-2H3,(H,32,37). The zero-order valence-corrected chi connectivity index (χ0v) is 21.9. The number of hydrogen-bond donors (Lipinski definition) is 2. The van der Waals surface area contributed by atoms with Gasteiger partial charge in [-0.05, 0) is 57.9 Å². The number of para-hydroxylation sites is 2. The van der Waals surface area contributed by atoms with Gasteiger partial charge in [-0.1, -0.05) is 12.1 Å². The van der Waals surface area contributed by atoms with Crippen molar-refractivity contribution in [3.63, 3.8) is 0 Å². The fourth-order valence-corrected chi connectivity index (χ4v) is 5.93. The lowest BCUT2D eigenvalue weighted by atomic mass is 10.0. The van der Waals surface area contributed by atoms with E-state index >= 15 is 4.39 Å². The lowest BCUT2D eigenvalue weighted by Crippen LogP contribution is -2.49. The Morgan fingerprint density at radius 1 is 1.21 bits per heavy atom. The summed E-state index contributed by atoms with van der Waals surface area (Å²) in [6, 6.07) is 9.51. The highest BCUT2D eigenvalue weighted by molar-refractivity contribution is 6.01. The Morgan fingerprint density at radius 3 is 2.74 bits per heavy atom. The van der Waals surface area contributed by atoms with E-state index in [1.54, 1.807) is 6.20 Å². The van der Waals surface area contributed by atoms with Crippen LogP contribution in [-0.2, 0) is 0 Å². The van der Waals surface area contributed by atoms with Crippen molar-refractivity contribution in [2.45, 2.75) is 45.2 Å². The number of halogens is 1. The molecule has 0 bridgehead atoms. The Kier molecular flexibility index (Phi) is 6.57. The summed E-state index contributed by atoms with van der Waals surface area (Å²) in [7, 11) is 0. The molecule has 3 aromatic rings. The Morgan fingerprint density at radius 2 is 2.00 bits per heavy atom. The first-order valence-electron chi connectivity index (χ1n) is 13.6. The fraction of sp³-hybridized carbons (Fsp3) is 0.448. The number of amides is 1. The van der Waals surface area contributed by atoms with Gasteiger partial charge in [-0.3, -0.25) is 14.5 Å². The largest absolute Gasteiger partial charge is 0.451 e. The van der Waals surface area contributed by atoms with E-state index in [0.29, 0.717) is 60.1 Å². The summed E-state index contributed by atoms with van der Waals surface area (Å²) >= 11 is 0. The van der Waals surface area contributed by atoms with Crippen LogP contribution in [0.5, 0.6) is 11.5 Å². The number of benzene rings is 2. The Bertz CT molecular complexity index is 1440. The Hall–Kier alpha value is -3.43. The van der Waals surface area contributed by atoms with Gasteiger partial charge in [0.25, 0.3) is 5.91 Å². The van der Waals surface area contributed by atoms with E-state index in [4.69, 9.17) is 4.74 Å². The normalized spacial score (nSPS) is 19.1. The molecule has 0 saturated carbocycles. The monoisotopic (exact) mass is 519 g/mol. The van der Waals surface area contributed by atoms with Gasteiger partial charge in [0.2, 0.25) is 5.43 Å². The van der Waals surface area contributed by atoms with E-state index in [2.05, 4.69) is 29.4 Å². The van der Waals surface area contributed by atoms with Crippen LogP contribution in [0.2, 0.25) is 0 Å². The average molecular weight is 520 g/mol. The lowest BCUT2D eigenvalue weighted by Gasteiger charge is -2.39. The van der Waals surface area contributed by atoms with Crippen molar-refractivity contribution in [3.8, 4) is 17.2 Å². The van der Waals surface area contributed by atoms with E-state index in [9.17, 15) is 9.59 Å². The molecular formula is C29H34FN5O3. The summed E-state index contributed by atoms with van der Waals surface area (Å²) in [5, 5.41) is 6.46. The van der Waals surface area contributed by atoms with Crippen LogP contribution in [0, 0.1) is 5.82 Å². The maximum Gasteiger partial charge on any atom is 0.256 e. The number of carbonyl (C=O) groups is 1. The first-order valence-corrected chi connectivity index (χ1v) is 13.6. The van der Waals surface area contributed by atoms with Gasteiger partial charge in [-0.2, -0.15) is 0 Å². The third kappa shape index (κ3) is 4.33. The number of nitrogens with one attached hydrogen (secondary N) is 2. The molecule has 1 aromatic heterocycles. The molecule has 3 aliphatic heterocycles. The predicted molar refractivity (Wildman–Crippen MR) is 146 cm³/mol. The number of fused-ring (bicyclic) bond motifs is 2. The van der Waals surface area contributed by atoms with Crippen LogP contribution in [-0.4, -0.2) is 66.7 Å². The summed E-state index contributed by atoms with van der Waals surface area (Å²) in [5.41, 5.74) is 1.06. The van der Waals surface area contributed by atoms with Crippen LogP contribution in [0.1, 0.15) is 43.5 Å². The zero-order chi connectivity index (χ0) is 26.4. The number of anilines is 1. The van der Waals surface area contributed by atoms with Crippen LogP contribution >= 0.6 is 0 Å². The highest BCUT2D eigenvalue weighted by Gasteiger charge is 2.32. The number of nitrogens with zero attached hydrogens (tertiary/aromatic N) is 3. The summed E-state index contributed by atoms with van der Waals surface area (Å²) in [4.78, 5) is 31.1. The van der Waals surface area contributed by atoms with Crippen molar-refractivity contribution >= 4 is 22.5 Å². The third-order valence-electron chi connectivity index (χ3n) is 8.05. The van der Waals surface area contributed by atoms with E-state index in [-0.39, 0.29) is 10.9 Å². The molecule has 3 aliphatic rings. The van der Waals surface area contributed by atoms with Gasteiger partial charge in [0.15, 0.2) is 17.3 Å². The quantitative estimate of drug-likeness (QED) is 0.405. The van der Waals surface area contributed by atoms with Gasteiger partial charge in [0.1, 0.15) is 16.8 Å². The number of piperazine rings is 1. The van der Waals surface area contributed by atoms with Gasteiger partial charge >= 0.3 is 0 Å². The smallest absolute Gasteiger partial charge is 0.256 e. The summed E-state index contributed by atoms with van der Waals surface area (Å²) in [5.74, 6) is -0.0822. The molecule has 200 valence electrons. The maximum absolute atomic E-state index is 15.8. The minimum Gasteiger partial charge on any atom is -0.451 e. The van der Waals surface area contributed by atoms with Crippen molar-refractivity contribution < 1.29 is 13.9 Å². The molecule has 2 N–H and O–H groups in total. The molecule has 0 spiro atoms. The minimum atomic E-state index is -0.515. The average Bonchev–Trinajstić information content (AvgIpc) is 3.43. The number of aromatic nitrogens is 1. The number of carbonyl (C=O) groups excluding carboxylic acids is 1. The molecule has 0 radical (unpaired) electrons. The van der Waals surface area contributed by atoms with Gasteiger partial charge in [-0.25, -0.2) is 4.39 Å². The molecular weight excluding hydrogens is 485 g/mol. The minimum absolute atomic E-state index is 0.00256. The number of rotatable bonds is 6. The van der Waals surface area contributed by atoms with Gasteiger partial charge in [-0.15, -0.1) is 0 Å². The van der Waals surface area contributed by atoms with Crippen LogP contribution < -0.4 is 25.7 Å². The highest BCUT2D eigenvalue weighted by Crippen LogP contribution is 2.46. The molecule has 38 heavy (non-hydrogen) atoms. The molecule has 8 nitrogen and oxygen atoms in total. The highest BCUT2D eigenvalue weighted by atomic mass is 19.1. The third-order valence-corrected chi connectivity index (χ3v) is 8.05. The second-order valence-electron chi connectivity index (χ2n) is 10.7. The second-order valence-corrected chi connectivity index (χ2v) is 10.7. The van der Waals surface area contributed by atoms with Crippen LogP contribution in [0.15, 0.2) is 41.3 Å². The van der Waals surface area contributed by atoms with E-state index in [0.717, 1.165) is 38.9 Å². The summed E-state index contributed by atoms with van der Waals surface area (Å²) in [6.45, 7) is 8.72. The molecule has 1 atom stereocenters. The first kappa shape index (κ1) is 24.9. The molecule has 1 amide bonds. The van der Waals surface area contributed by atoms with E-state index < -0.39 is 17.2 Å². The molecule has 0 aliphatic carbocycles. The SMILES string of the molecule is CC(C)N1CCN(c2c(F)cc3c(=O)c(C(=O)NCCC4CCCN4)cn4c3c2Oc2ccccc2-4)CC1. The molecule has 4 heterocycles. The maximum atomic E-state index is 15.8. The molecule has 6 rings (SSSR count). The van der Waals surface area contributed by atoms with Gasteiger partial charge in [0, 0.05) is 51.0 Å². The number of pyridine rings is 1. The predicted octanol–water partition coefficient (Wildman–Crippen LogP) is 3.64. The summed E-state index contributed by atoms with van der Waals surface area (Å²) in [6.07, 6.45) is 4.61. The van der Waals surface area contributed by atoms with Crippen LogP contribution in [0.3, 0.4) is 0 Å². The first-order chi connectivity index (χ1) is 18.4. The fourth-order valence-electron chi connectivity index (χ4n) is 5.93.